The van der Waals surface area contributed by atoms with Crippen LogP contribution >= 0.6 is 11.6 Å². The minimum absolute atomic E-state index is 0.0182. The molecule has 0 aliphatic rings. The van der Waals surface area contributed by atoms with E-state index in [0.29, 0.717) is 11.6 Å². The average Bonchev–Trinajstić information content (AvgIpc) is 2.90. The molecule has 1 aromatic carbocycles. The Morgan fingerprint density at radius 3 is 2.81 bits per heavy atom. The Hall–Kier alpha value is -1.85. The SMILES string of the molecule is CCCC(O)c1ccn(Cc2ccc([N+](=O)[O-])cc2Cl)c1. The molecule has 112 valence electrons. The normalized spacial score (nSPS) is 12.3. The minimum Gasteiger partial charge on any atom is -0.388 e. The van der Waals surface area contributed by atoms with Crippen molar-refractivity contribution < 1.29 is 10.0 Å². The maximum Gasteiger partial charge on any atom is 0.270 e. The fourth-order valence-corrected chi connectivity index (χ4v) is 2.40. The molecule has 0 fully saturated rings. The standard InChI is InChI=1S/C15H17ClN2O3/c1-2-3-15(19)12-6-7-17(10-12)9-11-4-5-13(18(20)21)8-14(11)16/h4-8,10,15,19H,2-3,9H2,1H3. The van der Waals surface area contributed by atoms with Gasteiger partial charge in [0.25, 0.3) is 5.69 Å². The van der Waals surface area contributed by atoms with E-state index in [1.165, 1.54) is 12.1 Å². The predicted molar refractivity (Wildman–Crippen MR) is 81.5 cm³/mol. The number of aliphatic hydroxyl groups excluding tert-OH is 1. The molecule has 0 radical (unpaired) electrons. The zero-order valence-electron chi connectivity index (χ0n) is 11.7. The van der Waals surface area contributed by atoms with Gasteiger partial charge in [0.1, 0.15) is 0 Å². The van der Waals surface area contributed by atoms with Crippen LogP contribution in [0.5, 0.6) is 0 Å². The molecule has 0 saturated heterocycles. The van der Waals surface area contributed by atoms with Gasteiger partial charge in [-0.15, -0.1) is 0 Å². The van der Waals surface area contributed by atoms with Gasteiger partial charge in [0.2, 0.25) is 0 Å². The number of benzene rings is 1. The summed E-state index contributed by atoms with van der Waals surface area (Å²) in [5.41, 5.74) is 1.65. The fourth-order valence-electron chi connectivity index (χ4n) is 2.17. The summed E-state index contributed by atoms with van der Waals surface area (Å²) < 4.78 is 1.90. The van der Waals surface area contributed by atoms with Gasteiger partial charge in [0.05, 0.1) is 16.0 Å². The first-order valence-electron chi connectivity index (χ1n) is 6.77. The summed E-state index contributed by atoms with van der Waals surface area (Å²) in [4.78, 5) is 10.2. The molecule has 1 unspecified atom stereocenters. The molecule has 2 rings (SSSR count). The van der Waals surface area contributed by atoms with E-state index in [1.54, 1.807) is 6.07 Å². The predicted octanol–water partition coefficient (Wildman–Crippen LogP) is 3.93. The molecule has 0 aliphatic heterocycles. The van der Waals surface area contributed by atoms with Crippen molar-refractivity contribution in [1.29, 1.82) is 0 Å². The van der Waals surface area contributed by atoms with Gasteiger partial charge in [0, 0.05) is 31.1 Å². The number of halogens is 1. The molecule has 6 heteroatoms. The zero-order chi connectivity index (χ0) is 15.4. The van der Waals surface area contributed by atoms with E-state index in [4.69, 9.17) is 11.6 Å². The Bertz CT molecular complexity index is 640. The maximum absolute atomic E-state index is 10.7. The van der Waals surface area contributed by atoms with Gasteiger partial charge in [0.15, 0.2) is 0 Å². The van der Waals surface area contributed by atoms with Crippen LogP contribution in [0.3, 0.4) is 0 Å². The van der Waals surface area contributed by atoms with Crippen LogP contribution in [0, 0.1) is 10.1 Å². The largest absolute Gasteiger partial charge is 0.388 e. The maximum atomic E-state index is 10.7. The summed E-state index contributed by atoms with van der Waals surface area (Å²) in [6.07, 6.45) is 4.93. The second-order valence-electron chi connectivity index (χ2n) is 4.95. The molecule has 5 nitrogen and oxygen atoms in total. The van der Waals surface area contributed by atoms with Crippen molar-refractivity contribution >= 4 is 17.3 Å². The lowest BCUT2D eigenvalue weighted by Crippen LogP contribution is -1.99. The van der Waals surface area contributed by atoms with Gasteiger partial charge in [-0.25, -0.2) is 0 Å². The third-order valence-corrected chi connectivity index (χ3v) is 3.67. The molecule has 2 aromatic rings. The first-order chi connectivity index (χ1) is 10.0. The minimum atomic E-state index is -0.468. The molecule has 21 heavy (non-hydrogen) atoms. The highest BCUT2D eigenvalue weighted by Gasteiger charge is 2.11. The number of nitro groups is 1. The Morgan fingerprint density at radius 1 is 1.43 bits per heavy atom. The lowest BCUT2D eigenvalue weighted by atomic mass is 10.1. The van der Waals surface area contributed by atoms with Crippen molar-refractivity contribution in [2.24, 2.45) is 0 Å². The van der Waals surface area contributed by atoms with Gasteiger partial charge in [-0.2, -0.15) is 0 Å². The molecule has 0 bridgehead atoms. The molecule has 1 aromatic heterocycles. The second kappa shape index (κ2) is 6.74. The Morgan fingerprint density at radius 2 is 2.19 bits per heavy atom. The van der Waals surface area contributed by atoms with Crippen LogP contribution in [0.1, 0.15) is 37.0 Å². The van der Waals surface area contributed by atoms with Crippen LogP contribution < -0.4 is 0 Å². The molecular weight excluding hydrogens is 292 g/mol. The summed E-state index contributed by atoms with van der Waals surface area (Å²) in [5.74, 6) is 0. The van der Waals surface area contributed by atoms with E-state index in [0.717, 1.165) is 24.0 Å². The lowest BCUT2D eigenvalue weighted by molar-refractivity contribution is -0.384. The highest BCUT2D eigenvalue weighted by molar-refractivity contribution is 6.31. The van der Waals surface area contributed by atoms with Crippen LogP contribution in [0.4, 0.5) is 5.69 Å². The molecular formula is C15H17ClN2O3. The van der Waals surface area contributed by atoms with Gasteiger partial charge in [-0.05, 0) is 29.7 Å². The summed E-state index contributed by atoms with van der Waals surface area (Å²) in [6.45, 7) is 2.53. The van der Waals surface area contributed by atoms with Crippen molar-refractivity contribution in [3.05, 3.63) is 62.9 Å². The summed E-state index contributed by atoms with van der Waals surface area (Å²) >= 11 is 6.08. The summed E-state index contributed by atoms with van der Waals surface area (Å²) in [5, 5.41) is 21.0. The van der Waals surface area contributed by atoms with Crippen LogP contribution in [0.15, 0.2) is 36.7 Å². The summed E-state index contributed by atoms with van der Waals surface area (Å²) in [7, 11) is 0. The van der Waals surface area contributed by atoms with Crippen LogP contribution in [0.2, 0.25) is 5.02 Å². The van der Waals surface area contributed by atoms with E-state index >= 15 is 0 Å². The number of hydrogen-bond donors (Lipinski definition) is 1. The van der Waals surface area contributed by atoms with Crippen LogP contribution in [0.25, 0.3) is 0 Å². The third-order valence-electron chi connectivity index (χ3n) is 3.32. The quantitative estimate of drug-likeness (QED) is 0.649. The number of aliphatic hydroxyl groups is 1. The average molecular weight is 309 g/mol. The molecule has 0 spiro atoms. The topological polar surface area (TPSA) is 68.3 Å². The van der Waals surface area contributed by atoms with Crippen molar-refractivity contribution in [3.8, 4) is 0 Å². The van der Waals surface area contributed by atoms with E-state index in [1.807, 2.05) is 30.0 Å². The number of hydrogen-bond acceptors (Lipinski definition) is 3. The van der Waals surface area contributed by atoms with Crippen molar-refractivity contribution in [2.75, 3.05) is 0 Å². The van der Waals surface area contributed by atoms with E-state index in [-0.39, 0.29) is 5.69 Å². The fraction of sp³-hybridized carbons (Fsp3) is 0.333. The highest BCUT2D eigenvalue weighted by atomic mass is 35.5. The lowest BCUT2D eigenvalue weighted by Gasteiger charge is -2.07. The van der Waals surface area contributed by atoms with Crippen molar-refractivity contribution in [3.63, 3.8) is 0 Å². The zero-order valence-corrected chi connectivity index (χ0v) is 12.5. The van der Waals surface area contributed by atoms with E-state index in [2.05, 4.69) is 0 Å². The smallest absolute Gasteiger partial charge is 0.270 e. The third kappa shape index (κ3) is 3.83. The van der Waals surface area contributed by atoms with Gasteiger partial charge >= 0.3 is 0 Å². The number of aromatic nitrogens is 1. The van der Waals surface area contributed by atoms with Crippen molar-refractivity contribution in [1.82, 2.24) is 4.57 Å². The Kier molecular flexibility index (Phi) is 4.98. The van der Waals surface area contributed by atoms with Gasteiger partial charge in [-0.1, -0.05) is 24.9 Å². The van der Waals surface area contributed by atoms with Crippen LogP contribution in [-0.4, -0.2) is 14.6 Å². The Labute approximate surface area is 127 Å². The molecule has 1 N–H and O–H groups in total. The molecule has 0 amide bonds. The molecule has 1 heterocycles. The van der Waals surface area contributed by atoms with E-state index < -0.39 is 11.0 Å². The van der Waals surface area contributed by atoms with Crippen molar-refractivity contribution in [2.45, 2.75) is 32.4 Å². The van der Waals surface area contributed by atoms with Gasteiger partial charge in [-0.3, -0.25) is 10.1 Å². The van der Waals surface area contributed by atoms with Crippen LogP contribution in [-0.2, 0) is 6.54 Å². The molecule has 0 saturated carbocycles. The van der Waals surface area contributed by atoms with Gasteiger partial charge < -0.3 is 9.67 Å². The monoisotopic (exact) mass is 308 g/mol. The second-order valence-corrected chi connectivity index (χ2v) is 5.36. The molecule has 0 aliphatic carbocycles. The van der Waals surface area contributed by atoms with E-state index in [9.17, 15) is 15.2 Å². The first kappa shape index (κ1) is 15.5. The number of nitro benzene ring substituents is 1. The summed E-state index contributed by atoms with van der Waals surface area (Å²) in [6, 6.07) is 6.33. The Balaban J connectivity index is 2.13. The number of non-ortho nitro benzene ring substituents is 1. The highest BCUT2D eigenvalue weighted by Crippen LogP contribution is 2.24. The molecule has 1 atom stereocenters. The number of rotatable bonds is 6. The number of nitrogens with zero attached hydrogens (tertiary/aromatic N) is 2. The first-order valence-corrected chi connectivity index (χ1v) is 7.15.